The zero-order chi connectivity index (χ0) is 21.1. The molecule has 1 unspecified atom stereocenters. The summed E-state index contributed by atoms with van der Waals surface area (Å²) in [4.78, 5) is 19.6. The molecule has 1 fully saturated rings. The third-order valence-corrected chi connectivity index (χ3v) is 5.21. The van der Waals surface area contributed by atoms with E-state index in [4.69, 9.17) is 18.7 Å². The molecule has 1 atom stereocenters. The number of amides is 1. The maximum atomic E-state index is 13.3. The number of carbonyl (C=O) groups excluding carboxylic acids is 1. The number of aromatic nitrogens is 2. The van der Waals surface area contributed by atoms with Gasteiger partial charge in [0.2, 0.25) is 11.7 Å². The van der Waals surface area contributed by atoms with Gasteiger partial charge in [0.15, 0.2) is 0 Å². The van der Waals surface area contributed by atoms with E-state index in [0.717, 1.165) is 18.4 Å². The third kappa shape index (κ3) is 3.68. The first kappa shape index (κ1) is 19.8. The van der Waals surface area contributed by atoms with Gasteiger partial charge < -0.3 is 23.6 Å². The number of hydrogen-bond donors (Lipinski definition) is 0. The molecule has 1 aliphatic heterocycles. The van der Waals surface area contributed by atoms with Crippen LogP contribution in [-0.4, -0.2) is 48.8 Å². The van der Waals surface area contributed by atoms with Gasteiger partial charge in [0.05, 0.1) is 26.9 Å². The van der Waals surface area contributed by atoms with Gasteiger partial charge in [0.1, 0.15) is 23.3 Å². The number of benzene rings is 2. The van der Waals surface area contributed by atoms with Crippen LogP contribution in [0.1, 0.15) is 35.1 Å². The first-order valence-corrected chi connectivity index (χ1v) is 9.65. The highest BCUT2D eigenvalue weighted by atomic mass is 16.5. The Kier molecular flexibility index (Phi) is 5.56. The quantitative estimate of drug-likeness (QED) is 0.613. The SMILES string of the molecule is COc1cccc(-c2noc(C3CCCN3C(=O)c3ccc(OC)cc3OC)n2)c1. The number of ether oxygens (including phenoxy) is 3. The average Bonchev–Trinajstić information content (AvgIpc) is 3.47. The van der Waals surface area contributed by atoms with Crippen LogP contribution in [-0.2, 0) is 0 Å². The van der Waals surface area contributed by atoms with Crippen LogP contribution in [0.25, 0.3) is 11.4 Å². The van der Waals surface area contributed by atoms with Crippen molar-refractivity contribution in [1.29, 1.82) is 0 Å². The molecule has 0 N–H and O–H groups in total. The van der Waals surface area contributed by atoms with Crippen LogP contribution in [0.2, 0.25) is 0 Å². The molecule has 2 heterocycles. The summed E-state index contributed by atoms with van der Waals surface area (Å²) in [5.74, 6) is 2.55. The highest BCUT2D eigenvalue weighted by Crippen LogP contribution is 2.35. The summed E-state index contributed by atoms with van der Waals surface area (Å²) in [5, 5.41) is 4.11. The van der Waals surface area contributed by atoms with Crippen molar-refractivity contribution in [2.24, 2.45) is 0 Å². The average molecular weight is 409 g/mol. The van der Waals surface area contributed by atoms with Crippen LogP contribution >= 0.6 is 0 Å². The Balaban J connectivity index is 1.60. The minimum absolute atomic E-state index is 0.141. The lowest BCUT2D eigenvalue weighted by Crippen LogP contribution is -2.31. The molecular weight excluding hydrogens is 386 g/mol. The molecule has 3 aromatic rings. The monoisotopic (exact) mass is 409 g/mol. The number of nitrogens with zero attached hydrogens (tertiary/aromatic N) is 3. The number of carbonyl (C=O) groups is 1. The van der Waals surface area contributed by atoms with Gasteiger partial charge in [0, 0.05) is 18.2 Å². The lowest BCUT2D eigenvalue weighted by molar-refractivity contribution is 0.0706. The molecule has 8 heteroatoms. The van der Waals surface area contributed by atoms with E-state index in [9.17, 15) is 4.79 Å². The van der Waals surface area contributed by atoms with E-state index in [1.165, 1.54) is 7.11 Å². The molecule has 4 rings (SSSR count). The molecule has 1 saturated heterocycles. The van der Waals surface area contributed by atoms with Gasteiger partial charge in [-0.2, -0.15) is 4.98 Å². The Morgan fingerprint density at radius 3 is 2.63 bits per heavy atom. The second-order valence-corrected chi connectivity index (χ2v) is 6.91. The summed E-state index contributed by atoms with van der Waals surface area (Å²) in [6.07, 6.45) is 1.61. The molecule has 156 valence electrons. The molecular formula is C22H23N3O5. The fourth-order valence-electron chi connectivity index (χ4n) is 3.65. The van der Waals surface area contributed by atoms with E-state index in [-0.39, 0.29) is 11.9 Å². The van der Waals surface area contributed by atoms with Crippen molar-refractivity contribution < 1.29 is 23.5 Å². The van der Waals surface area contributed by atoms with Crippen molar-refractivity contribution >= 4 is 5.91 Å². The van der Waals surface area contributed by atoms with Crippen LogP contribution in [0, 0.1) is 0 Å². The van der Waals surface area contributed by atoms with Gasteiger partial charge in [-0.05, 0) is 37.1 Å². The summed E-state index contributed by atoms with van der Waals surface area (Å²) in [5.41, 5.74) is 1.26. The van der Waals surface area contributed by atoms with Crippen LogP contribution in [0.15, 0.2) is 47.0 Å². The van der Waals surface area contributed by atoms with E-state index in [2.05, 4.69) is 10.1 Å². The topological polar surface area (TPSA) is 86.9 Å². The second-order valence-electron chi connectivity index (χ2n) is 6.91. The van der Waals surface area contributed by atoms with E-state index >= 15 is 0 Å². The summed E-state index contributed by atoms with van der Waals surface area (Å²) >= 11 is 0. The predicted molar refractivity (Wildman–Crippen MR) is 109 cm³/mol. The molecule has 2 aromatic carbocycles. The van der Waals surface area contributed by atoms with Crippen LogP contribution in [0.3, 0.4) is 0 Å². The third-order valence-electron chi connectivity index (χ3n) is 5.21. The van der Waals surface area contributed by atoms with Gasteiger partial charge in [0.25, 0.3) is 5.91 Å². The minimum atomic E-state index is -0.281. The van der Waals surface area contributed by atoms with E-state index in [1.807, 2.05) is 24.3 Å². The number of hydrogen-bond acceptors (Lipinski definition) is 7. The van der Waals surface area contributed by atoms with Crippen LogP contribution in [0.4, 0.5) is 0 Å². The van der Waals surface area contributed by atoms with Crippen molar-refractivity contribution in [2.45, 2.75) is 18.9 Å². The maximum absolute atomic E-state index is 13.3. The molecule has 1 aromatic heterocycles. The Labute approximate surface area is 174 Å². The van der Waals surface area contributed by atoms with Gasteiger partial charge >= 0.3 is 0 Å². The fraction of sp³-hybridized carbons (Fsp3) is 0.318. The first-order valence-electron chi connectivity index (χ1n) is 9.65. The van der Waals surface area contributed by atoms with Gasteiger partial charge in [-0.1, -0.05) is 17.3 Å². The largest absolute Gasteiger partial charge is 0.497 e. The molecule has 8 nitrogen and oxygen atoms in total. The van der Waals surface area contributed by atoms with Crippen LogP contribution in [0.5, 0.6) is 17.2 Å². The van der Waals surface area contributed by atoms with Crippen molar-refractivity contribution in [3.63, 3.8) is 0 Å². The summed E-state index contributed by atoms with van der Waals surface area (Å²) in [6.45, 7) is 0.607. The fourth-order valence-corrected chi connectivity index (χ4v) is 3.65. The van der Waals surface area contributed by atoms with E-state index in [0.29, 0.717) is 41.1 Å². The smallest absolute Gasteiger partial charge is 0.258 e. The summed E-state index contributed by atoms with van der Waals surface area (Å²) < 4.78 is 21.4. The molecule has 0 bridgehead atoms. The Bertz CT molecular complexity index is 1050. The Morgan fingerprint density at radius 2 is 1.87 bits per heavy atom. The van der Waals surface area contributed by atoms with Crippen molar-refractivity contribution in [1.82, 2.24) is 15.0 Å². The minimum Gasteiger partial charge on any atom is -0.497 e. The number of methoxy groups -OCH3 is 3. The lowest BCUT2D eigenvalue weighted by atomic mass is 10.1. The number of likely N-dealkylation sites (tertiary alicyclic amines) is 1. The summed E-state index contributed by atoms with van der Waals surface area (Å²) in [7, 11) is 4.71. The molecule has 0 radical (unpaired) electrons. The Hall–Kier alpha value is -3.55. The molecule has 30 heavy (non-hydrogen) atoms. The molecule has 0 saturated carbocycles. The lowest BCUT2D eigenvalue weighted by Gasteiger charge is -2.23. The molecule has 1 amide bonds. The van der Waals surface area contributed by atoms with E-state index in [1.54, 1.807) is 37.3 Å². The van der Waals surface area contributed by atoms with Crippen LogP contribution < -0.4 is 14.2 Å². The molecule has 0 aliphatic carbocycles. The number of rotatable bonds is 6. The highest BCUT2D eigenvalue weighted by molar-refractivity contribution is 5.97. The zero-order valence-corrected chi connectivity index (χ0v) is 17.1. The molecule has 1 aliphatic rings. The predicted octanol–water partition coefficient (Wildman–Crippen LogP) is 3.74. The highest BCUT2D eigenvalue weighted by Gasteiger charge is 2.35. The standard InChI is InChI=1S/C22H23N3O5/c1-27-15-7-4-6-14(12-15)20-23-21(30-24-20)18-8-5-11-25(18)22(26)17-10-9-16(28-2)13-19(17)29-3/h4,6-7,9-10,12-13,18H,5,8,11H2,1-3H3. The van der Waals surface area contributed by atoms with Crippen molar-refractivity contribution in [2.75, 3.05) is 27.9 Å². The van der Waals surface area contributed by atoms with Crippen molar-refractivity contribution in [3.8, 4) is 28.6 Å². The second kappa shape index (κ2) is 8.44. The van der Waals surface area contributed by atoms with Gasteiger partial charge in [-0.3, -0.25) is 4.79 Å². The zero-order valence-electron chi connectivity index (χ0n) is 17.1. The first-order chi connectivity index (χ1) is 14.6. The maximum Gasteiger partial charge on any atom is 0.258 e. The molecule has 0 spiro atoms. The normalized spacial score (nSPS) is 15.8. The Morgan fingerprint density at radius 1 is 1.07 bits per heavy atom. The van der Waals surface area contributed by atoms with Gasteiger partial charge in [-0.15, -0.1) is 0 Å². The van der Waals surface area contributed by atoms with Gasteiger partial charge in [-0.25, -0.2) is 0 Å². The van der Waals surface area contributed by atoms with E-state index < -0.39 is 0 Å². The van der Waals surface area contributed by atoms with Crippen molar-refractivity contribution in [3.05, 3.63) is 53.9 Å². The summed E-state index contributed by atoms with van der Waals surface area (Å²) in [6, 6.07) is 12.3.